The standard InChI is InChI=1S/C14H27BrN4/c1-8-10-13(15)11(19(7)17-10)9-12(16-4)14(2,3)18(5)6/h12,16H,8-9H2,1-7H3. The van der Waals surface area contributed by atoms with E-state index in [1.54, 1.807) is 0 Å². The maximum Gasteiger partial charge on any atom is 0.0766 e. The van der Waals surface area contributed by atoms with Gasteiger partial charge in [-0.25, -0.2) is 0 Å². The van der Waals surface area contributed by atoms with Crippen molar-refractivity contribution in [2.45, 2.75) is 45.2 Å². The number of likely N-dealkylation sites (N-methyl/N-ethyl adjacent to an activating group) is 2. The van der Waals surface area contributed by atoms with Crippen molar-refractivity contribution in [2.24, 2.45) is 7.05 Å². The zero-order chi connectivity index (χ0) is 14.8. The molecule has 0 saturated heterocycles. The van der Waals surface area contributed by atoms with E-state index in [1.807, 2.05) is 18.8 Å². The van der Waals surface area contributed by atoms with Crippen LogP contribution in [0.5, 0.6) is 0 Å². The summed E-state index contributed by atoms with van der Waals surface area (Å²) >= 11 is 3.70. The van der Waals surface area contributed by atoms with Crippen LogP contribution in [0.1, 0.15) is 32.2 Å². The normalized spacial score (nSPS) is 14.2. The van der Waals surface area contributed by atoms with Crippen LogP contribution in [0.15, 0.2) is 4.47 Å². The molecule has 0 aromatic carbocycles. The van der Waals surface area contributed by atoms with E-state index < -0.39 is 0 Å². The Hall–Kier alpha value is -0.390. The average Bonchev–Trinajstić information content (AvgIpc) is 2.61. The summed E-state index contributed by atoms with van der Waals surface area (Å²) in [5, 5.41) is 8.02. The third-order valence-corrected chi connectivity index (χ3v) is 5.17. The van der Waals surface area contributed by atoms with Gasteiger partial charge in [-0.3, -0.25) is 4.68 Å². The molecule has 0 saturated carbocycles. The summed E-state index contributed by atoms with van der Waals surface area (Å²) in [6.45, 7) is 6.66. The van der Waals surface area contributed by atoms with Crippen LogP contribution >= 0.6 is 15.9 Å². The van der Waals surface area contributed by atoms with Gasteiger partial charge in [0.15, 0.2) is 0 Å². The molecule has 5 heteroatoms. The summed E-state index contributed by atoms with van der Waals surface area (Å²) in [5.41, 5.74) is 2.46. The van der Waals surface area contributed by atoms with Crippen molar-refractivity contribution in [3.63, 3.8) is 0 Å². The summed E-state index contributed by atoms with van der Waals surface area (Å²) in [7, 11) is 8.30. The van der Waals surface area contributed by atoms with E-state index in [0.29, 0.717) is 6.04 Å². The molecule has 1 atom stereocenters. The number of halogens is 1. The van der Waals surface area contributed by atoms with Crippen LogP contribution < -0.4 is 5.32 Å². The van der Waals surface area contributed by atoms with Gasteiger partial charge in [0.2, 0.25) is 0 Å². The van der Waals surface area contributed by atoms with Gasteiger partial charge in [-0.15, -0.1) is 0 Å². The molecule has 1 aromatic heterocycles. The molecule has 0 aliphatic heterocycles. The SMILES string of the molecule is CCc1nn(C)c(CC(NC)C(C)(C)N(C)C)c1Br. The molecular weight excluding hydrogens is 304 g/mol. The largest absolute Gasteiger partial charge is 0.315 e. The van der Waals surface area contributed by atoms with E-state index in [0.717, 1.165) is 23.0 Å². The lowest BCUT2D eigenvalue weighted by Gasteiger charge is -2.40. The smallest absolute Gasteiger partial charge is 0.0766 e. The minimum atomic E-state index is 0.0742. The molecule has 0 bridgehead atoms. The first-order valence-electron chi connectivity index (χ1n) is 6.80. The van der Waals surface area contributed by atoms with Crippen LogP contribution in [0, 0.1) is 0 Å². The first-order valence-corrected chi connectivity index (χ1v) is 7.59. The Morgan fingerprint density at radius 3 is 2.37 bits per heavy atom. The number of rotatable bonds is 6. The molecule has 0 aliphatic rings. The zero-order valence-corrected chi connectivity index (χ0v) is 14.8. The topological polar surface area (TPSA) is 33.1 Å². The Kier molecular flexibility index (Phi) is 5.59. The highest BCUT2D eigenvalue weighted by molar-refractivity contribution is 9.10. The van der Waals surface area contributed by atoms with E-state index in [2.05, 4.69) is 66.1 Å². The Morgan fingerprint density at radius 2 is 2.00 bits per heavy atom. The van der Waals surface area contributed by atoms with Crippen LogP contribution in [-0.2, 0) is 19.9 Å². The number of aryl methyl sites for hydroxylation is 2. The monoisotopic (exact) mass is 330 g/mol. The van der Waals surface area contributed by atoms with Crippen molar-refractivity contribution in [2.75, 3.05) is 21.1 Å². The van der Waals surface area contributed by atoms with Gasteiger partial charge in [-0.1, -0.05) is 6.92 Å². The quantitative estimate of drug-likeness (QED) is 0.868. The molecule has 1 aromatic rings. The highest BCUT2D eigenvalue weighted by Gasteiger charge is 2.32. The van der Waals surface area contributed by atoms with Crippen LogP contribution in [0.2, 0.25) is 0 Å². The van der Waals surface area contributed by atoms with Crippen LogP contribution in [-0.4, -0.2) is 47.4 Å². The van der Waals surface area contributed by atoms with Gasteiger partial charge < -0.3 is 10.2 Å². The van der Waals surface area contributed by atoms with Gasteiger partial charge in [-0.05, 0) is 57.3 Å². The van der Waals surface area contributed by atoms with E-state index in [9.17, 15) is 0 Å². The van der Waals surface area contributed by atoms with Gasteiger partial charge >= 0.3 is 0 Å². The minimum Gasteiger partial charge on any atom is -0.315 e. The van der Waals surface area contributed by atoms with Crippen LogP contribution in [0.25, 0.3) is 0 Å². The predicted molar refractivity (Wildman–Crippen MR) is 84.6 cm³/mol. The maximum atomic E-state index is 4.57. The molecule has 0 spiro atoms. The van der Waals surface area contributed by atoms with Gasteiger partial charge in [0.05, 0.1) is 15.9 Å². The fourth-order valence-corrected chi connectivity index (χ4v) is 3.03. The first-order chi connectivity index (χ1) is 8.75. The number of nitrogens with one attached hydrogen (secondary N) is 1. The Balaban J connectivity index is 3.03. The van der Waals surface area contributed by atoms with Gasteiger partial charge in [0.25, 0.3) is 0 Å². The number of aromatic nitrogens is 2. The molecule has 1 heterocycles. The molecule has 1 N–H and O–H groups in total. The van der Waals surface area contributed by atoms with Crippen molar-refractivity contribution in [3.8, 4) is 0 Å². The van der Waals surface area contributed by atoms with Crippen molar-refractivity contribution in [1.82, 2.24) is 20.0 Å². The molecule has 1 rings (SSSR count). The van der Waals surface area contributed by atoms with Gasteiger partial charge in [-0.2, -0.15) is 5.10 Å². The third-order valence-electron chi connectivity index (χ3n) is 4.25. The molecule has 0 amide bonds. The lowest BCUT2D eigenvalue weighted by Crippen LogP contribution is -2.55. The molecular formula is C14H27BrN4. The van der Waals surface area contributed by atoms with Gasteiger partial charge in [0.1, 0.15) is 0 Å². The van der Waals surface area contributed by atoms with Crippen LogP contribution in [0.3, 0.4) is 0 Å². The fraction of sp³-hybridized carbons (Fsp3) is 0.786. The molecule has 1 unspecified atom stereocenters. The lowest BCUT2D eigenvalue weighted by molar-refractivity contribution is 0.140. The summed E-state index contributed by atoms with van der Waals surface area (Å²) in [6, 6.07) is 0.360. The predicted octanol–water partition coefficient (Wildman–Crippen LogP) is 2.22. The highest BCUT2D eigenvalue weighted by Crippen LogP contribution is 2.26. The van der Waals surface area contributed by atoms with E-state index in [1.165, 1.54) is 5.69 Å². The number of nitrogens with zero attached hydrogens (tertiary/aromatic N) is 3. The van der Waals surface area contributed by atoms with Crippen molar-refractivity contribution in [1.29, 1.82) is 0 Å². The highest BCUT2D eigenvalue weighted by atomic mass is 79.9. The summed E-state index contributed by atoms with van der Waals surface area (Å²) in [6.07, 6.45) is 1.90. The average molecular weight is 331 g/mol. The molecule has 0 aliphatic carbocycles. The number of hydrogen-bond donors (Lipinski definition) is 1. The number of hydrogen-bond acceptors (Lipinski definition) is 3. The first kappa shape index (κ1) is 16.7. The van der Waals surface area contributed by atoms with E-state index in [4.69, 9.17) is 0 Å². The molecule has 4 nitrogen and oxygen atoms in total. The molecule has 19 heavy (non-hydrogen) atoms. The fourth-order valence-electron chi connectivity index (χ4n) is 2.25. The van der Waals surface area contributed by atoms with E-state index >= 15 is 0 Å². The van der Waals surface area contributed by atoms with Crippen molar-refractivity contribution >= 4 is 15.9 Å². The van der Waals surface area contributed by atoms with Gasteiger partial charge in [0, 0.05) is 25.0 Å². The van der Waals surface area contributed by atoms with E-state index in [-0.39, 0.29) is 5.54 Å². The second-order valence-corrected chi connectivity index (χ2v) is 6.57. The second kappa shape index (κ2) is 6.37. The van der Waals surface area contributed by atoms with Crippen LogP contribution in [0.4, 0.5) is 0 Å². The van der Waals surface area contributed by atoms with Crippen molar-refractivity contribution in [3.05, 3.63) is 15.9 Å². The maximum absolute atomic E-state index is 4.57. The summed E-state index contributed by atoms with van der Waals surface area (Å²) in [5.74, 6) is 0. The Bertz CT molecular complexity index is 423. The molecule has 110 valence electrons. The lowest BCUT2D eigenvalue weighted by atomic mass is 9.89. The Labute approximate surface area is 125 Å². The van der Waals surface area contributed by atoms with Crippen molar-refractivity contribution < 1.29 is 0 Å². The summed E-state index contributed by atoms with van der Waals surface area (Å²) in [4.78, 5) is 2.26. The Morgan fingerprint density at radius 1 is 1.42 bits per heavy atom. The minimum absolute atomic E-state index is 0.0742. The zero-order valence-electron chi connectivity index (χ0n) is 13.2. The molecule has 0 radical (unpaired) electrons. The second-order valence-electron chi connectivity index (χ2n) is 5.78. The molecule has 0 fully saturated rings. The third kappa shape index (κ3) is 3.38. The summed E-state index contributed by atoms with van der Waals surface area (Å²) < 4.78 is 3.16.